The first kappa shape index (κ1) is 25.4. The molecule has 38 heavy (non-hydrogen) atoms. The fraction of sp³-hybridized carbons (Fsp3) is 0.222. The lowest BCUT2D eigenvalue weighted by Crippen LogP contribution is -2.15. The minimum atomic E-state index is -4.15. The lowest BCUT2D eigenvalue weighted by Gasteiger charge is -2.16. The molecule has 196 valence electrons. The first-order chi connectivity index (χ1) is 18.3. The average Bonchev–Trinajstić information content (AvgIpc) is 3.49. The molecule has 11 heteroatoms. The van der Waals surface area contributed by atoms with Crippen LogP contribution in [0.5, 0.6) is 0 Å². The summed E-state index contributed by atoms with van der Waals surface area (Å²) in [5.41, 5.74) is 5.00. The van der Waals surface area contributed by atoms with E-state index in [4.69, 9.17) is 4.52 Å². The van der Waals surface area contributed by atoms with Crippen LogP contribution in [0.2, 0.25) is 0 Å². The molecular weight excluding hydrogens is 507 g/mol. The van der Waals surface area contributed by atoms with Crippen LogP contribution in [0.15, 0.2) is 70.2 Å². The fourth-order valence-corrected chi connectivity index (χ4v) is 5.60. The van der Waals surface area contributed by atoms with Gasteiger partial charge in [-0.05, 0) is 43.0 Å². The summed E-state index contributed by atoms with van der Waals surface area (Å²) in [6.07, 6.45) is 3.33. The van der Waals surface area contributed by atoms with Crippen LogP contribution in [-0.4, -0.2) is 28.2 Å². The number of aryl methyl sites for hydroxylation is 3. The van der Waals surface area contributed by atoms with Crippen molar-refractivity contribution in [1.82, 2.24) is 19.8 Å². The number of fused-ring (bicyclic) bond motifs is 1. The number of nitrogens with one attached hydrogen (secondary N) is 2. The molecule has 9 nitrogen and oxygen atoms in total. The summed E-state index contributed by atoms with van der Waals surface area (Å²) >= 11 is 0. The molecule has 0 atom stereocenters. The van der Waals surface area contributed by atoms with Gasteiger partial charge in [-0.3, -0.25) is 4.72 Å². The quantitative estimate of drug-likeness (QED) is 0.256. The second-order valence-corrected chi connectivity index (χ2v) is 10.6. The molecule has 0 aliphatic heterocycles. The average molecular weight is 535 g/mol. The summed E-state index contributed by atoms with van der Waals surface area (Å²) < 4.78 is 49.5. The van der Waals surface area contributed by atoms with E-state index < -0.39 is 21.7 Å². The van der Waals surface area contributed by atoms with Gasteiger partial charge in [0.15, 0.2) is 11.4 Å². The summed E-state index contributed by atoms with van der Waals surface area (Å²) in [4.78, 5) is 4.50. The molecule has 3 aromatic heterocycles. The number of aromatic nitrogens is 4. The van der Waals surface area contributed by atoms with Gasteiger partial charge in [-0.1, -0.05) is 54.9 Å². The largest absolute Gasteiger partial charge is 0.366 e. The summed E-state index contributed by atoms with van der Waals surface area (Å²) in [5, 5.41) is 11.3. The fourth-order valence-electron chi connectivity index (χ4n) is 4.38. The summed E-state index contributed by atoms with van der Waals surface area (Å²) in [7, 11) is -4.15. The lowest BCUT2D eigenvalue weighted by molar-refractivity contribution is 0.390. The van der Waals surface area contributed by atoms with Crippen LogP contribution in [-0.2, 0) is 23.0 Å². The Hall–Kier alpha value is -4.25. The number of benzene rings is 2. The molecule has 0 fully saturated rings. The van der Waals surface area contributed by atoms with E-state index >= 15 is 0 Å². The molecular formula is C27H27FN6O3S. The third-order valence-corrected chi connectivity index (χ3v) is 7.54. The van der Waals surface area contributed by atoms with Gasteiger partial charge < -0.3 is 9.84 Å². The molecule has 0 radical (unpaired) electrons. The highest BCUT2D eigenvalue weighted by Gasteiger charge is 2.24. The molecule has 0 saturated carbocycles. The Balaban J connectivity index is 1.47. The SMILES string of the molecule is CCCc1cc(CNc2cc(C)nc3ccnn23)ccc1-c1ccccc1S(=O)(=O)Nc1noc(C)c1F. The van der Waals surface area contributed by atoms with Crippen LogP contribution in [0.4, 0.5) is 16.0 Å². The van der Waals surface area contributed by atoms with Crippen molar-refractivity contribution in [2.75, 3.05) is 10.0 Å². The van der Waals surface area contributed by atoms with E-state index in [0.29, 0.717) is 12.1 Å². The van der Waals surface area contributed by atoms with Crippen LogP contribution in [0.1, 0.15) is 35.9 Å². The van der Waals surface area contributed by atoms with Gasteiger partial charge in [0.05, 0.1) is 11.1 Å². The minimum absolute atomic E-state index is 0.0246. The molecule has 0 aliphatic carbocycles. The number of halogens is 1. The Morgan fingerprint density at radius 1 is 1.05 bits per heavy atom. The van der Waals surface area contributed by atoms with E-state index in [-0.39, 0.29) is 10.7 Å². The zero-order valence-electron chi connectivity index (χ0n) is 21.2. The van der Waals surface area contributed by atoms with Gasteiger partial charge in [-0.15, -0.1) is 0 Å². The summed E-state index contributed by atoms with van der Waals surface area (Å²) in [6.45, 7) is 5.92. The van der Waals surface area contributed by atoms with Crippen LogP contribution >= 0.6 is 0 Å². The van der Waals surface area contributed by atoms with Gasteiger partial charge >= 0.3 is 0 Å². The van der Waals surface area contributed by atoms with Gasteiger partial charge in [0, 0.05) is 29.9 Å². The summed E-state index contributed by atoms with van der Waals surface area (Å²) in [6, 6.07) is 16.4. The van der Waals surface area contributed by atoms with E-state index in [1.807, 2.05) is 31.2 Å². The lowest BCUT2D eigenvalue weighted by atomic mass is 9.94. The molecule has 0 amide bonds. The van der Waals surface area contributed by atoms with Gasteiger partial charge in [-0.2, -0.15) is 14.0 Å². The normalized spacial score (nSPS) is 11.7. The maximum absolute atomic E-state index is 14.2. The van der Waals surface area contributed by atoms with Crippen molar-refractivity contribution < 1.29 is 17.3 Å². The van der Waals surface area contributed by atoms with Crippen LogP contribution < -0.4 is 10.0 Å². The topological polar surface area (TPSA) is 114 Å². The molecule has 2 aromatic carbocycles. The molecule has 0 aliphatic rings. The van der Waals surface area contributed by atoms with E-state index in [2.05, 4.69) is 38.3 Å². The number of anilines is 2. The zero-order valence-corrected chi connectivity index (χ0v) is 22.0. The van der Waals surface area contributed by atoms with Crippen molar-refractivity contribution in [3.63, 3.8) is 0 Å². The monoisotopic (exact) mass is 534 g/mol. The second-order valence-electron chi connectivity index (χ2n) is 8.98. The smallest absolute Gasteiger partial charge is 0.263 e. The van der Waals surface area contributed by atoms with Crippen molar-refractivity contribution in [1.29, 1.82) is 0 Å². The minimum Gasteiger partial charge on any atom is -0.366 e. The third kappa shape index (κ3) is 4.97. The predicted molar refractivity (Wildman–Crippen MR) is 143 cm³/mol. The van der Waals surface area contributed by atoms with Gasteiger partial charge in [0.25, 0.3) is 10.0 Å². The van der Waals surface area contributed by atoms with Crippen LogP contribution in [0, 0.1) is 19.7 Å². The maximum atomic E-state index is 14.2. The molecule has 0 unspecified atom stereocenters. The summed E-state index contributed by atoms with van der Waals surface area (Å²) in [5.74, 6) is -0.575. The van der Waals surface area contributed by atoms with Crippen molar-refractivity contribution in [2.24, 2.45) is 0 Å². The molecule has 5 aromatic rings. The van der Waals surface area contributed by atoms with E-state index in [1.54, 1.807) is 28.9 Å². The van der Waals surface area contributed by atoms with Crippen molar-refractivity contribution in [3.8, 4) is 11.1 Å². The highest BCUT2D eigenvalue weighted by molar-refractivity contribution is 7.92. The van der Waals surface area contributed by atoms with Crippen molar-refractivity contribution >= 4 is 27.3 Å². The Bertz CT molecular complexity index is 1730. The van der Waals surface area contributed by atoms with Crippen LogP contribution in [0.3, 0.4) is 0 Å². The van der Waals surface area contributed by atoms with E-state index in [9.17, 15) is 12.8 Å². The number of sulfonamides is 1. The van der Waals surface area contributed by atoms with E-state index in [1.165, 1.54) is 13.0 Å². The van der Waals surface area contributed by atoms with Crippen molar-refractivity contribution in [3.05, 3.63) is 89.2 Å². The number of hydrogen-bond acceptors (Lipinski definition) is 7. The van der Waals surface area contributed by atoms with E-state index in [0.717, 1.165) is 46.7 Å². The van der Waals surface area contributed by atoms with Gasteiger partial charge in [-0.25, -0.2) is 13.4 Å². The molecule has 0 bridgehead atoms. The molecule has 2 N–H and O–H groups in total. The molecule has 5 rings (SSSR count). The zero-order chi connectivity index (χ0) is 26.9. The first-order valence-corrected chi connectivity index (χ1v) is 13.7. The number of nitrogens with zero attached hydrogens (tertiary/aromatic N) is 4. The third-order valence-electron chi connectivity index (χ3n) is 6.14. The predicted octanol–water partition coefficient (Wildman–Crippen LogP) is 5.51. The highest BCUT2D eigenvalue weighted by atomic mass is 32.2. The second kappa shape index (κ2) is 10.3. The number of rotatable bonds is 9. The Morgan fingerprint density at radius 3 is 2.63 bits per heavy atom. The molecule has 0 saturated heterocycles. The first-order valence-electron chi connectivity index (χ1n) is 12.2. The Labute approximate surface area is 219 Å². The van der Waals surface area contributed by atoms with Crippen LogP contribution in [0.25, 0.3) is 16.8 Å². The Morgan fingerprint density at radius 2 is 1.87 bits per heavy atom. The maximum Gasteiger partial charge on any atom is 0.263 e. The standard InChI is InChI=1S/C27H27FN6O3S/c1-4-7-20-15-19(16-29-25-14-17(2)31-24-12-13-30-34(24)25)10-11-21(20)22-8-5-6-9-23(22)38(35,36)33-27-26(28)18(3)37-32-27/h5-6,8-15,29H,4,7,16H2,1-3H3,(H,32,33). The molecule has 0 spiro atoms. The number of hydrogen-bond donors (Lipinski definition) is 2. The van der Waals surface area contributed by atoms with Crippen molar-refractivity contribution in [2.45, 2.75) is 45.1 Å². The highest BCUT2D eigenvalue weighted by Crippen LogP contribution is 2.33. The Kier molecular flexibility index (Phi) is 6.85. The van der Waals surface area contributed by atoms with Gasteiger partial charge in [0.2, 0.25) is 11.6 Å². The molecule has 3 heterocycles. The van der Waals surface area contributed by atoms with Gasteiger partial charge in [0.1, 0.15) is 5.82 Å².